The molecule has 7 heteroatoms. The number of hydrogen-bond donors (Lipinski definition) is 1. The molecule has 6 nitrogen and oxygen atoms in total. The Labute approximate surface area is 181 Å². The van der Waals surface area contributed by atoms with Gasteiger partial charge in [0.2, 0.25) is 5.91 Å². The van der Waals surface area contributed by atoms with Gasteiger partial charge in [-0.2, -0.15) is 0 Å². The van der Waals surface area contributed by atoms with Crippen LogP contribution in [0.4, 0.5) is 15.9 Å². The fourth-order valence-corrected chi connectivity index (χ4v) is 3.86. The Kier molecular flexibility index (Phi) is 6.21. The Morgan fingerprint density at radius 1 is 1.13 bits per heavy atom. The van der Waals surface area contributed by atoms with Crippen molar-refractivity contribution in [1.82, 2.24) is 19.9 Å². The van der Waals surface area contributed by atoms with E-state index in [1.54, 1.807) is 24.5 Å². The lowest BCUT2D eigenvalue weighted by molar-refractivity contribution is -0.138. The zero-order valence-corrected chi connectivity index (χ0v) is 17.8. The van der Waals surface area contributed by atoms with E-state index in [1.165, 1.54) is 12.1 Å². The largest absolute Gasteiger partial charge is 0.340 e. The van der Waals surface area contributed by atoms with Crippen LogP contribution in [0.25, 0.3) is 11.3 Å². The molecule has 1 aromatic carbocycles. The van der Waals surface area contributed by atoms with Crippen LogP contribution in [0.5, 0.6) is 0 Å². The van der Waals surface area contributed by atoms with Gasteiger partial charge >= 0.3 is 0 Å². The van der Waals surface area contributed by atoms with E-state index < -0.39 is 0 Å². The van der Waals surface area contributed by atoms with Gasteiger partial charge in [-0.1, -0.05) is 19.9 Å². The number of likely N-dealkylation sites (tertiary alicyclic amines) is 1. The van der Waals surface area contributed by atoms with Crippen LogP contribution in [0.2, 0.25) is 0 Å². The number of aromatic nitrogens is 3. The molecule has 0 spiro atoms. The number of carbonyl (C=O) groups excluding carboxylic acids is 1. The quantitative estimate of drug-likeness (QED) is 0.621. The molecule has 3 heterocycles. The van der Waals surface area contributed by atoms with Gasteiger partial charge in [-0.25, -0.2) is 14.4 Å². The molecule has 160 valence electrons. The van der Waals surface area contributed by atoms with Gasteiger partial charge in [0.1, 0.15) is 11.6 Å². The summed E-state index contributed by atoms with van der Waals surface area (Å²) in [5.41, 5.74) is 2.23. The third-order valence-corrected chi connectivity index (χ3v) is 5.39. The second-order valence-corrected chi connectivity index (χ2v) is 8.07. The van der Waals surface area contributed by atoms with E-state index >= 15 is 0 Å². The van der Waals surface area contributed by atoms with E-state index in [-0.39, 0.29) is 23.7 Å². The summed E-state index contributed by atoms with van der Waals surface area (Å²) >= 11 is 0. The first-order chi connectivity index (χ1) is 15.0. The first kappa shape index (κ1) is 20.9. The number of amides is 1. The Morgan fingerprint density at radius 2 is 1.94 bits per heavy atom. The van der Waals surface area contributed by atoms with Gasteiger partial charge in [0.15, 0.2) is 5.82 Å². The summed E-state index contributed by atoms with van der Waals surface area (Å²) in [4.78, 5) is 28.4. The van der Waals surface area contributed by atoms with Crippen LogP contribution in [0.1, 0.15) is 45.0 Å². The first-order valence-corrected chi connectivity index (χ1v) is 10.6. The number of rotatable bonds is 5. The minimum Gasteiger partial charge on any atom is -0.340 e. The average molecular weight is 420 g/mol. The van der Waals surface area contributed by atoms with E-state index in [9.17, 15) is 9.18 Å². The van der Waals surface area contributed by atoms with E-state index in [4.69, 9.17) is 9.97 Å². The number of benzene rings is 1. The second-order valence-electron chi connectivity index (χ2n) is 8.07. The van der Waals surface area contributed by atoms with Crippen molar-refractivity contribution in [2.45, 2.75) is 39.2 Å². The lowest BCUT2D eigenvalue weighted by atomic mass is 9.99. The van der Waals surface area contributed by atoms with Gasteiger partial charge < -0.3 is 10.2 Å². The van der Waals surface area contributed by atoms with E-state index in [0.29, 0.717) is 23.9 Å². The maximum atomic E-state index is 13.7. The molecule has 1 fully saturated rings. The highest BCUT2D eigenvalue weighted by molar-refractivity contribution is 5.78. The van der Waals surface area contributed by atoms with Crippen molar-refractivity contribution in [2.75, 3.05) is 11.9 Å². The molecular weight excluding hydrogens is 393 g/mol. The van der Waals surface area contributed by atoms with Crippen molar-refractivity contribution in [3.63, 3.8) is 0 Å². The topological polar surface area (TPSA) is 71.0 Å². The van der Waals surface area contributed by atoms with Crippen LogP contribution >= 0.6 is 0 Å². The number of nitrogens with zero attached hydrogens (tertiary/aromatic N) is 4. The smallest absolute Gasteiger partial charge is 0.225 e. The zero-order chi connectivity index (χ0) is 21.8. The zero-order valence-electron chi connectivity index (χ0n) is 17.8. The van der Waals surface area contributed by atoms with Crippen molar-refractivity contribution >= 4 is 17.4 Å². The molecule has 1 saturated heterocycles. The molecule has 1 amide bonds. The third kappa shape index (κ3) is 4.87. The Balaban J connectivity index is 1.76. The predicted octanol–water partition coefficient (Wildman–Crippen LogP) is 5.13. The van der Waals surface area contributed by atoms with Gasteiger partial charge in [0.25, 0.3) is 0 Å². The maximum Gasteiger partial charge on any atom is 0.225 e. The number of nitrogens with one attached hydrogen (secondary N) is 1. The minimum atomic E-state index is -0.324. The van der Waals surface area contributed by atoms with Crippen molar-refractivity contribution in [3.05, 3.63) is 66.5 Å². The second kappa shape index (κ2) is 9.20. The molecule has 0 bridgehead atoms. The van der Waals surface area contributed by atoms with Crippen LogP contribution < -0.4 is 5.32 Å². The lowest BCUT2D eigenvalue weighted by Gasteiger charge is -2.36. The number of anilines is 2. The fourth-order valence-electron chi connectivity index (χ4n) is 3.86. The standard InChI is InChI=1S/C24H26FN5O/c1-16(2)24(31)30-13-4-3-8-21(30)23-28-20(17-9-11-26-12-10-17)15-22(29-23)27-19-7-5-6-18(25)14-19/h5-7,9-12,14-16,21H,3-4,8,13H2,1-2H3,(H,27,28,29)/t21-/m1/s1. The number of hydrogen-bond acceptors (Lipinski definition) is 5. The van der Waals surface area contributed by atoms with E-state index in [1.807, 2.05) is 36.9 Å². The third-order valence-electron chi connectivity index (χ3n) is 5.39. The molecular formula is C24H26FN5O. The monoisotopic (exact) mass is 419 g/mol. The van der Waals surface area contributed by atoms with Gasteiger partial charge in [0, 0.05) is 42.2 Å². The first-order valence-electron chi connectivity index (χ1n) is 10.6. The summed E-state index contributed by atoms with van der Waals surface area (Å²) in [5, 5.41) is 3.19. The van der Waals surface area contributed by atoms with E-state index in [0.717, 1.165) is 30.5 Å². The van der Waals surface area contributed by atoms with Crippen LogP contribution in [-0.2, 0) is 4.79 Å². The highest BCUT2D eigenvalue weighted by Crippen LogP contribution is 2.33. The fraction of sp³-hybridized carbons (Fsp3) is 0.333. The Hall–Kier alpha value is -3.35. The molecule has 0 aliphatic carbocycles. The highest BCUT2D eigenvalue weighted by atomic mass is 19.1. The molecule has 1 aliphatic heterocycles. The summed E-state index contributed by atoms with van der Waals surface area (Å²) in [5.74, 6) is 0.859. The van der Waals surface area contributed by atoms with Crippen LogP contribution in [0.3, 0.4) is 0 Å². The molecule has 3 aromatic rings. The van der Waals surface area contributed by atoms with E-state index in [2.05, 4.69) is 10.3 Å². The molecule has 2 aromatic heterocycles. The molecule has 0 unspecified atom stereocenters. The van der Waals surface area contributed by atoms with Crippen LogP contribution in [0, 0.1) is 11.7 Å². The summed E-state index contributed by atoms with van der Waals surface area (Å²) in [6, 6.07) is 11.7. The molecule has 1 aliphatic rings. The molecule has 1 N–H and O–H groups in total. The van der Waals surface area contributed by atoms with Crippen LogP contribution in [-0.4, -0.2) is 32.3 Å². The lowest BCUT2D eigenvalue weighted by Crippen LogP contribution is -2.41. The SMILES string of the molecule is CC(C)C(=O)N1CCCC[C@@H]1c1nc(Nc2cccc(F)c2)cc(-c2ccncc2)n1. The number of piperidine rings is 1. The summed E-state index contributed by atoms with van der Waals surface area (Å²) in [7, 11) is 0. The summed E-state index contributed by atoms with van der Waals surface area (Å²) in [6.45, 7) is 4.54. The van der Waals surface area contributed by atoms with Crippen LogP contribution in [0.15, 0.2) is 54.9 Å². The maximum absolute atomic E-state index is 13.7. The average Bonchev–Trinajstić information content (AvgIpc) is 2.79. The molecule has 4 rings (SSSR count). The number of carbonyl (C=O) groups is 1. The summed E-state index contributed by atoms with van der Waals surface area (Å²) in [6.07, 6.45) is 6.24. The molecule has 1 atom stereocenters. The molecule has 31 heavy (non-hydrogen) atoms. The van der Waals surface area contributed by atoms with Crippen molar-refractivity contribution in [2.24, 2.45) is 5.92 Å². The van der Waals surface area contributed by atoms with Gasteiger partial charge in [-0.15, -0.1) is 0 Å². The van der Waals surface area contributed by atoms with Gasteiger partial charge in [-0.05, 0) is 49.6 Å². The highest BCUT2D eigenvalue weighted by Gasteiger charge is 2.31. The Bertz CT molecular complexity index is 1060. The van der Waals surface area contributed by atoms with Crippen molar-refractivity contribution in [3.8, 4) is 11.3 Å². The summed E-state index contributed by atoms with van der Waals surface area (Å²) < 4.78 is 13.7. The number of halogens is 1. The number of pyridine rings is 1. The Morgan fingerprint density at radius 3 is 2.68 bits per heavy atom. The van der Waals surface area contributed by atoms with Crippen molar-refractivity contribution in [1.29, 1.82) is 0 Å². The molecule has 0 saturated carbocycles. The van der Waals surface area contributed by atoms with Crippen molar-refractivity contribution < 1.29 is 9.18 Å². The van der Waals surface area contributed by atoms with Gasteiger partial charge in [0.05, 0.1) is 11.7 Å². The predicted molar refractivity (Wildman–Crippen MR) is 118 cm³/mol. The molecule has 0 radical (unpaired) electrons. The van der Waals surface area contributed by atoms with Gasteiger partial charge in [-0.3, -0.25) is 9.78 Å². The normalized spacial score (nSPS) is 16.4. The minimum absolute atomic E-state index is 0.0890.